The third kappa shape index (κ3) is 4.86. The number of anilines is 1. The van der Waals surface area contributed by atoms with Gasteiger partial charge in [-0.15, -0.1) is 16.9 Å². The zero-order chi connectivity index (χ0) is 21.0. The summed E-state index contributed by atoms with van der Waals surface area (Å²) in [4.78, 5) is 13.7. The molecule has 1 aromatic heterocycles. The molecule has 3 rings (SSSR count). The smallest absolute Gasteiger partial charge is 0.322 e. The molecule has 9 heteroatoms. The Bertz CT molecular complexity index is 1090. The van der Waals surface area contributed by atoms with E-state index >= 15 is 0 Å². The van der Waals surface area contributed by atoms with Gasteiger partial charge in [0.05, 0.1) is 10.1 Å². The third-order valence-corrected chi connectivity index (χ3v) is 7.19. The lowest BCUT2D eigenvalue weighted by Crippen LogP contribution is -2.13. The van der Waals surface area contributed by atoms with Gasteiger partial charge in [-0.05, 0) is 68.1 Å². The number of aromatic nitrogens is 2. The zero-order valence-electron chi connectivity index (χ0n) is 16.2. The van der Waals surface area contributed by atoms with Crippen molar-refractivity contribution in [1.29, 1.82) is 0 Å². The first-order chi connectivity index (χ1) is 13.8. The van der Waals surface area contributed by atoms with Crippen LogP contribution < -0.4 is 5.32 Å². The predicted molar refractivity (Wildman–Crippen MR) is 113 cm³/mol. The molecule has 0 unspecified atom stereocenters. The fourth-order valence-corrected chi connectivity index (χ4v) is 4.21. The van der Waals surface area contributed by atoms with Gasteiger partial charge < -0.3 is 4.42 Å². The first kappa shape index (κ1) is 21.1. The first-order valence-corrected chi connectivity index (χ1v) is 11.6. The summed E-state index contributed by atoms with van der Waals surface area (Å²) in [5, 5.41) is 9.81. The highest BCUT2D eigenvalue weighted by molar-refractivity contribution is 7.99. The van der Waals surface area contributed by atoms with E-state index in [0.717, 1.165) is 10.6 Å². The molecule has 0 fully saturated rings. The maximum absolute atomic E-state index is 12.3. The van der Waals surface area contributed by atoms with Gasteiger partial charge in [-0.25, -0.2) is 8.42 Å². The van der Waals surface area contributed by atoms with Crippen LogP contribution >= 0.6 is 11.8 Å². The molecule has 0 bridgehead atoms. The zero-order valence-corrected chi connectivity index (χ0v) is 17.9. The second-order valence-electron chi connectivity index (χ2n) is 6.44. The summed E-state index contributed by atoms with van der Waals surface area (Å²) < 4.78 is 29.9. The highest BCUT2D eigenvalue weighted by atomic mass is 32.2. The van der Waals surface area contributed by atoms with Crippen molar-refractivity contribution >= 4 is 33.5 Å². The minimum atomic E-state index is -3.35. The van der Waals surface area contributed by atoms with Gasteiger partial charge in [0.25, 0.3) is 5.91 Å². The summed E-state index contributed by atoms with van der Waals surface area (Å²) in [7, 11) is -3.35. The third-order valence-electron chi connectivity index (χ3n) is 4.12. The van der Waals surface area contributed by atoms with Crippen LogP contribution in [0.3, 0.4) is 0 Å². The number of hydrogen-bond donors (Lipinski definition) is 1. The normalized spacial score (nSPS) is 11.6. The van der Waals surface area contributed by atoms with E-state index in [1.807, 2.05) is 12.1 Å². The van der Waals surface area contributed by atoms with Gasteiger partial charge in [0, 0.05) is 16.0 Å². The van der Waals surface area contributed by atoms with Crippen LogP contribution in [-0.4, -0.2) is 35.5 Å². The molecule has 0 aliphatic heterocycles. The van der Waals surface area contributed by atoms with Gasteiger partial charge in [0.15, 0.2) is 9.84 Å². The highest BCUT2D eigenvalue weighted by Crippen LogP contribution is 2.24. The quantitative estimate of drug-likeness (QED) is 0.557. The minimum Gasteiger partial charge on any atom is -0.403 e. The van der Waals surface area contributed by atoms with E-state index in [4.69, 9.17) is 4.42 Å². The number of thioether (sulfide) groups is 1. The monoisotopic (exact) mass is 431 g/mol. The van der Waals surface area contributed by atoms with Crippen molar-refractivity contribution in [3.63, 3.8) is 0 Å². The Labute approximate surface area is 173 Å². The molecule has 2 aromatic carbocycles. The lowest BCUT2D eigenvalue weighted by Gasteiger charge is -2.07. The molecular formula is C20H21N3O4S2. The molecule has 1 amide bonds. The molecule has 152 valence electrons. The van der Waals surface area contributed by atoms with E-state index in [1.165, 1.54) is 12.1 Å². The lowest BCUT2D eigenvalue weighted by atomic mass is 10.2. The van der Waals surface area contributed by atoms with Crippen molar-refractivity contribution in [3.8, 4) is 11.5 Å². The van der Waals surface area contributed by atoms with Gasteiger partial charge in [0.1, 0.15) is 0 Å². The van der Waals surface area contributed by atoms with Crippen LogP contribution in [0.2, 0.25) is 0 Å². The molecule has 0 saturated heterocycles. The molecule has 1 N–H and O–H groups in total. The van der Waals surface area contributed by atoms with E-state index < -0.39 is 15.1 Å². The summed E-state index contributed by atoms with van der Waals surface area (Å²) in [6.45, 7) is 5.33. The Kier molecular flexibility index (Phi) is 6.39. The summed E-state index contributed by atoms with van der Waals surface area (Å²) >= 11 is 1.69. The van der Waals surface area contributed by atoms with Crippen molar-refractivity contribution in [1.82, 2.24) is 10.2 Å². The highest BCUT2D eigenvalue weighted by Gasteiger charge is 2.19. The van der Waals surface area contributed by atoms with Crippen LogP contribution in [0.25, 0.3) is 11.5 Å². The number of hydrogen-bond acceptors (Lipinski definition) is 7. The number of nitrogens with zero attached hydrogens (tertiary/aromatic N) is 2. The van der Waals surface area contributed by atoms with E-state index in [0.29, 0.717) is 11.1 Å². The molecule has 3 aromatic rings. The fourth-order valence-electron chi connectivity index (χ4n) is 2.49. The summed E-state index contributed by atoms with van der Waals surface area (Å²) in [6.07, 6.45) is 0. The van der Waals surface area contributed by atoms with Gasteiger partial charge >= 0.3 is 6.01 Å². The van der Waals surface area contributed by atoms with Crippen LogP contribution in [0.1, 0.15) is 31.1 Å². The number of carbonyl (C=O) groups is 1. The largest absolute Gasteiger partial charge is 0.403 e. The summed E-state index contributed by atoms with van der Waals surface area (Å²) in [5.74, 6) is 0.788. The lowest BCUT2D eigenvalue weighted by molar-refractivity contribution is 0.102. The molecule has 0 spiro atoms. The SMILES string of the molecule is CCSc1ccc(C(=O)Nc2nnc(-c3ccc(S(=O)(=O)C(C)C)cc3)o2)cc1. The van der Waals surface area contributed by atoms with Crippen molar-refractivity contribution in [2.75, 3.05) is 11.1 Å². The number of amides is 1. The van der Waals surface area contributed by atoms with Crippen molar-refractivity contribution in [2.24, 2.45) is 0 Å². The Morgan fingerprint density at radius 3 is 2.31 bits per heavy atom. The average Bonchev–Trinajstić information content (AvgIpc) is 3.17. The second kappa shape index (κ2) is 8.79. The predicted octanol–water partition coefficient (Wildman–Crippen LogP) is 4.28. The Morgan fingerprint density at radius 2 is 1.72 bits per heavy atom. The minimum absolute atomic E-state index is 0.0316. The molecule has 1 heterocycles. The van der Waals surface area contributed by atoms with Crippen LogP contribution in [0.15, 0.2) is 62.7 Å². The average molecular weight is 432 g/mol. The van der Waals surface area contributed by atoms with Crippen LogP contribution in [0, 0.1) is 0 Å². The standard InChI is InChI=1S/C20H21N3O4S2/c1-4-28-16-9-5-14(6-10-16)18(24)21-20-23-22-19(27-20)15-7-11-17(12-8-15)29(25,26)13(2)3/h5-13H,4H2,1-3H3,(H,21,23,24). The van der Waals surface area contributed by atoms with E-state index in [-0.39, 0.29) is 22.7 Å². The second-order valence-corrected chi connectivity index (χ2v) is 10.3. The van der Waals surface area contributed by atoms with E-state index in [1.54, 1.807) is 49.9 Å². The molecular weight excluding hydrogens is 410 g/mol. The van der Waals surface area contributed by atoms with Gasteiger partial charge in [-0.2, -0.15) is 0 Å². The molecule has 0 radical (unpaired) electrons. The Balaban J connectivity index is 1.71. The Morgan fingerprint density at radius 1 is 1.07 bits per heavy atom. The molecule has 0 saturated carbocycles. The number of carbonyl (C=O) groups excluding carboxylic acids is 1. The molecule has 7 nitrogen and oxygen atoms in total. The summed E-state index contributed by atoms with van der Waals surface area (Å²) in [6, 6.07) is 13.4. The van der Waals surface area contributed by atoms with E-state index in [2.05, 4.69) is 22.4 Å². The molecule has 0 atom stereocenters. The first-order valence-electron chi connectivity index (χ1n) is 9.03. The number of sulfone groups is 1. The van der Waals surface area contributed by atoms with Gasteiger partial charge in [0.2, 0.25) is 5.89 Å². The van der Waals surface area contributed by atoms with Crippen LogP contribution in [0.4, 0.5) is 6.01 Å². The fraction of sp³-hybridized carbons (Fsp3) is 0.250. The maximum Gasteiger partial charge on any atom is 0.322 e. The topological polar surface area (TPSA) is 102 Å². The molecule has 0 aliphatic carbocycles. The number of nitrogens with one attached hydrogen (secondary N) is 1. The molecule has 29 heavy (non-hydrogen) atoms. The van der Waals surface area contributed by atoms with Crippen LogP contribution in [-0.2, 0) is 9.84 Å². The van der Waals surface area contributed by atoms with Crippen molar-refractivity contribution in [3.05, 3.63) is 54.1 Å². The van der Waals surface area contributed by atoms with Crippen molar-refractivity contribution in [2.45, 2.75) is 35.8 Å². The van der Waals surface area contributed by atoms with Gasteiger partial charge in [-0.3, -0.25) is 10.1 Å². The summed E-state index contributed by atoms with van der Waals surface area (Å²) in [5.41, 5.74) is 1.04. The van der Waals surface area contributed by atoms with E-state index in [9.17, 15) is 13.2 Å². The van der Waals surface area contributed by atoms with Crippen LogP contribution in [0.5, 0.6) is 0 Å². The number of rotatable bonds is 7. The molecule has 0 aliphatic rings. The maximum atomic E-state index is 12.3. The van der Waals surface area contributed by atoms with Crippen molar-refractivity contribution < 1.29 is 17.6 Å². The Hall–Kier alpha value is -2.65. The number of benzene rings is 2. The van der Waals surface area contributed by atoms with Gasteiger partial charge in [-0.1, -0.05) is 12.0 Å².